The van der Waals surface area contributed by atoms with Crippen molar-refractivity contribution in [2.45, 2.75) is 74.7 Å². The van der Waals surface area contributed by atoms with E-state index in [9.17, 15) is 18.9 Å². The number of aryl methyl sites for hydroxylation is 1. The number of benzene rings is 2. The molecule has 5 aliphatic rings. The molecule has 2 aromatic carbocycles. The Labute approximate surface area is 290 Å². The third-order valence-electron chi connectivity index (χ3n) is 11.7. The van der Waals surface area contributed by atoms with E-state index in [1.807, 2.05) is 38.1 Å². The summed E-state index contributed by atoms with van der Waals surface area (Å²) in [5.74, 6) is -0.157. The van der Waals surface area contributed by atoms with Crippen molar-refractivity contribution in [3.63, 3.8) is 0 Å². The minimum Gasteiger partial charge on any atom is -0.490 e. The molecule has 1 saturated carbocycles. The Morgan fingerprint density at radius 1 is 1.12 bits per heavy atom. The van der Waals surface area contributed by atoms with E-state index < -0.39 is 22.7 Å². The maximum atomic E-state index is 13.5. The van der Waals surface area contributed by atoms with Crippen LogP contribution in [0.1, 0.15) is 67.4 Å². The summed E-state index contributed by atoms with van der Waals surface area (Å²) in [4.78, 5) is 31.0. The highest BCUT2D eigenvalue weighted by molar-refractivity contribution is 7.84. The van der Waals surface area contributed by atoms with Crippen LogP contribution in [-0.4, -0.2) is 82.9 Å². The molecule has 8 atom stereocenters. The zero-order chi connectivity index (χ0) is 33.8. The summed E-state index contributed by atoms with van der Waals surface area (Å²) < 4.78 is 28.8. The van der Waals surface area contributed by atoms with Crippen LogP contribution < -0.4 is 14.4 Å². The maximum Gasteiger partial charge on any atom is 0.263 e. The normalized spacial score (nSPS) is 36.2. The highest BCUT2D eigenvalue weighted by atomic mass is 35.5. The molecule has 2 aromatic rings. The third-order valence-corrected chi connectivity index (χ3v) is 13.5. The minimum absolute atomic E-state index is 0.0498. The number of allylic oxidation sites excluding steroid dienone is 1. The van der Waals surface area contributed by atoms with Gasteiger partial charge in [-0.15, -0.1) is 0 Å². The SMILES string of the molecule is CC1C/C=C/C(O)([C@@H]2OCCN(C)C2=O)C2CCC2CN2C[C@@]3(CCCc4cc(Cl)ccc43)COc3ccc(cc32)C(=O)NS(=O)C1C. The van der Waals surface area contributed by atoms with E-state index in [1.165, 1.54) is 11.1 Å². The smallest absolute Gasteiger partial charge is 0.263 e. The van der Waals surface area contributed by atoms with Crippen molar-refractivity contribution in [3.05, 3.63) is 70.3 Å². The molecule has 2 N–H and O–H groups in total. The number of amides is 2. The summed E-state index contributed by atoms with van der Waals surface area (Å²) in [6.45, 7) is 6.41. The van der Waals surface area contributed by atoms with E-state index in [0.29, 0.717) is 50.6 Å². The van der Waals surface area contributed by atoms with Gasteiger partial charge in [-0.3, -0.25) is 14.3 Å². The topological polar surface area (TPSA) is 108 Å². The van der Waals surface area contributed by atoms with Crippen molar-refractivity contribution in [2.24, 2.45) is 17.8 Å². The second-order valence-electron chi connectivity index (χ2n) is 14.7. The first kappa shape index (κ1) is 33.6. The molecule has 6 unspecified atom stereocenters. The fourth-order valence-electron chi connectivity index (χ4n) is 8.48. The van der Waals surface area contributed by atoms with Crippen LogP contribution in [0, 0.1) is 17.8 Å². The molecule has 1 saturated heterocycles. The number of anilines is 1. The van der Waals surface area contributed by atoms with Gasteiger partial charge in [-0.25, -0.2) is 4.21 Å². The van der Waals surface area contributed by atoms with E-state index >= 15 is 0 Å². The van der Waals surface area contributed by atoms with Crippen molar-refractivity contribution in [1.29, 1.82) is 0 Å². The number of nitrogens with one attached hydrogen (secondary N) is 1. The second kappa shape index (κ2) is 13.1. The molecule has 3 aliphatic heterocycles. The number of hydrogen-bond acceptors (Lipinski definition) is 7. The number of fused-ring (bicyclic) bond motifs is 4. The van der Waals surface area contributed by atoms with Crippen molar-refractivity contribution in [3.8, 4) is 5.75 Å². The predicted octanol–water partition coefficient (Wildman–Crippen LogP) is 4.81. The molecule has 7 rings (SSSR count). The average molecular weight is 696 g/mol. The van der Waals surface area contributed by atoms with Crippen LogP contribution in [-0.2, 0) is 32.4 Å². The molecule has 0 radical (unpaired) electrons. The van der Waals surface area contributed by atoms with Crippen molar-refractivity contribution < 1.29 is 28.4 Å². The van der Waals surface area contributed by atoms with Crippen molar-refractivity contribution in [1.82, 2.24) is 9.62 Å². The monoisotopic (exact) mass is 695 g/mol. The van der Waals surface area contributed by atoms with Gasteiger partial charge in [0.15, 0.2) is 6.10 Å². The summed E-state index contributed by atoms with van der Waals surface area (Å²) in [7, 11) is 0.115. The largest absolute Gasteiger partial charge is 0.490 e. The summed E-state index contributed by atoms with van der Waals surface area (Å²) in [5.41, 5.74) is 1.87. The second-order valence-corrected chi connectivity index (χ2v) is 16.7. The quantitative estimate of drug-likeness (QED) is 0.413. The standard InChI is InChI=1S/C37H46ClN3O6S/c1-23-6-4-15-37(44,33-35(43)40(3)16-17-46-33)30-11-8-27(30)20-41-21-36(14-5-7-25-18-28(38)10-12-29(25)36)22-47-32-13-9-26(19-31(32)41)34(42)39-48(45)24(23)2/h4,9-10,12-13,15,18-19,23-24,27,30,33,44H,5-8,11,14,16-17,20-22H2,1-3H3,(H,39,42)/b15-4+/t23?,24?,27?,30?,33-,36+,37?,48?/m1/s1. The molecule has 258 valence electrons. The number of aliphatic hydroxyl groups is 1. The van der Waals surface area contributed by atoms with E-state index in [1.54, 1.807) is 24.1 Å². The lowest BCUT2D eigenvalue weighted by Crippen LogP contribution is -2.63. The average Bonchev–Trinajstić information content (AvgIpc) is 3.20. The molecule has 2 aliphatic carbocycles. The van der Waals surface area contributed by atoms with Crippen LogP contribution in [0.4, 0.5) is 5.69 Å². The van der Waals surface area contributed by atoms with Crippen molar-refractivity contribution in [2.75, 3.05) is 44.8 Å². The van der Waals surface area contributed by atoms with Gasteiger partial charge in [-0.1, -0.05) is 36.7 Å². The van der Waals surface area contributed by atoms with Gasteiger partial charge in [0.05, 0.1) is 24.2 Å². The summed E-state index contributed by atoms with van der Waals surface area (Å²) in [6, 6.07) is 11.6. The highest BCUT2D eigenvalue weighted by Gasteiger charge is 2.55. The van der Waals surface area contributed by atoms with Crippen LogP contribution in [0.15, 0.2) is 48.6 Å². The molecule has 2 bridgehead atoms. The lowest BCUT2D eigenvalue weighted by atomic mass is 9.62. The molecule has 3 heterocycles. The summed E-state index contributed by atoms with van der Waals surface area (Å²) in [6.07, 6.45) is 7.74. The Balaban J connectivity index is 1.32. The Morgan fingerprint density at radius 2 is 1.96 bits per heavy atom. The van der Waals surface area contributed by atoms with E-state index in [4.69, 9.17) is 21.1 Å². The van der Waals surface area contributed by atoms with E-state index in [-0.39, 0.29) is 40.2 Å². The molecule has 1 spiro atoms. The number of morpholine rings is 1. The molecule has 9 nitrogen and oxygen atoms in total. The Morgan fingerprint density at radius 3 is 2.75 bits per heavy atom. The van der Waals surface area contributed by atoms with Gasteiger partial charge in [-0.05, 0) is 105 Å². The number of carbonyl (C=O) groups is 2. The fourth-order valence-corrected chi connectivity index (χ4v) is 9.69. The van der Waals surface area contributed by atoms with Gasteiger partial charge in [-0.2, -0.15) is 0 Å². The molecule has 2 amide bonds. The number of ether oxygens (including phenoxy) is 2. The zero-order valence-corrected chi connectivity index (χ0v) is 29.5. The first-order valence-corrected chi connectivity index (χ1v) is 18.9. The molecular formula is C37H46ClN3O6S. The van der Waals surface area contributed by atoms with Gasteiger partial charge in [0.1, 0.15) is 22.3 Å². The minimum atomic E-state index is -1.64. The van der Waals surface area contributed by atoms with Crippen molar-refractivity contribution >= 4 is 40.1 Å². The van der Waals surface area contributed by atoms with Gasteiger partial charge < -0.3 is 24.4 Å². The number of likely N-dealkylation sites (N-methyl/N-ethyl adjacent to an activating group) is 1. The molecular weight excluding hydrogens is 650 g/mol. The fraction of sp³-hybridized carbons (Fsp3) is 0.568. The Kier molecular flexibility index (Phi) is 9.15. The molecule has 2 fully saturated rings. The molecule has 48 heavy (non-hydrogen) atoms. The summed E-state index contributed by atoms with van der Waals surface area (Å²) >= 11 is 6.45. The zero-order valence-electron chi connectivity index (χ0n) is 28.0. The van der Waals surface area contributed by atoms with Gasteiger partial charge >= 0.3 is 0 Å². The highest BCUT2D eigenvalue weighted by Crippen LogP contribution is 2.49. The molecule has 0 aromatic heterocycles. The summed E-state index contributed by atoms with van der Waals surface area (Å²) in [5, 5.41) is 13.0. The van der Waals surface area contributed by atoms with Crippen LogP contribution in [0.25, 0.3) is 0 Å². The van der Waals surface area contributed by atoms with Gasteiger partial charge in [0, 0.05) is 42.7 Å². The Bertz CT molecular complexity index is 1650. The third kappa shape index (κ3) is 5.97. The number of nitrogens with zero attached hydrogens (tertiary/aromatic N) is 2. The number of halogens is 1. The number of hydrogen-bond donors (Lipinski definition) is 2. The predicted molar refractivity (Wildman–Crippen MR) is 187 cm³/mol. The first-order valence-electron chi connectivity index (χ1n) is 17.3. The van der Waals surface area contributed by atoms with Crippen LogP contribution in [0.5, 0.6) is 5.75 Å². The van der Waals surface area contributed by atoms with Crippen LogP contribution in [0.2, 0.25) is 5.02 Å². The lowest BCUT2D eigenvalue weighted by molar-refractivity contribution is -0.185. The van der Waals surface area contributed by atoms with Gasteiger partial charge in [0.25, 0.3) is 11.8 Å². The lowest BCUT2D eigenvalue weighted by Gasteiger charge is -2.51. The van der Waals surface area contributed by atoms with Gasteiger partial charge in [0.2, 0.25) is 0 Å². The first-order chi connectivity index (χ1) is 23.0. The van der Waals surface area contributed by atoms with Crippen LogP contribution >= 0.6 is 11.6 Å². The van der Waals surface area contributed by atoms with Crippen LogP contribution in [0.3, 0.4) is 0 Å². The van der Waals surface area contributed by atoms with E-state index in [2.05, 4.69) is 21.8 Å². The molecule has 11 heteroatoms. The maximum absolute atomic E-state index is 13.5. The number of rotatable bonds is 1. The van der Waals surface area contributed by atoms with E-state index in [0.717, 1.165) is 42.8 Å². The number of carbonyl (C=O) groups excluding carboxylic acids is 2. The Hall–Kier alpha value is -2.92.